The number of benzene rings is 1. The highest BCUT2D eigenvalue weighted by atomic mass is 35.5. The molecular weight excluding hydrogens is 291 g/mol. The number of aldehydes is 1. The van der Waals surface area contributed by atoms with Crippen molar-refractivity contribution < 1.29 is 27.7 Å². The predicted molar refractivity (Wildman–Crippen MR) is 58.5 cm³/mol. The lowest BCUT2D eigenvalue weighted by Crippen LogP contribution is -2.14. The van der Waals surface area contributed by atoms with Crippen molar-refractivity contribution in [3.8, 4) is 0 Å². The van der Waals surface area contributed by atoms with Crippen molar-refractivity contribution in [2.24, 2.45) is 0 Å². The summed E-state index contributed by atoms with van der Waals surface area (Å²) < 4.78 is 37.9. The van der Waals surface area contributed by atoms with Crippen molar-refractivity contribution in [3.05, 3.63) is 38.9 Å². The van der Waals surface area contributed by atoms with Crippen LogP contribution in [0, 0.1) is 10.1 Å². The number of alkyl halides is 4. The monoisotopic (exact) mass is 295 g/mol. The number of halogens is 4. The third-order valence-electron chi connectivity index (χ3n) is 2.22. The van der Waals surface area contributed by atoms with Crippen molar-refractivity contribution in [3.63, 3.8) is 0 Å². The highest BCUT2D eigenvalue weighted by Gasteiger charge is 2.36. The van der Waals surface area contributed by atoms with Crippen LogP contribution in [-0.2, 0) is 6.18 Å². The highest BCUT2D eigenvalue weighted by Crippen LogP contribution is 2.35. The van der Waals surface area contributed by atoms with Gasteiger partial charge in [-0.15, -0.1) is 11.6 Å². The molecule has 9 heteroatoms. The number of carbonyl (C=O) groups is 2. The number of hydrogen-bond acceptors (Lipinski definition) is 4. The van der Waals surface area contributed by atoms with Gasteiger partial charge in [0.1, 0.15) is 0 Å². The number of rotatable bonds is 4. The molecule has 0 amide bonds. The van der Waals surface area contributed by atoms with Gasteiger partial charge >= 0.3 is 6.18 Å². The first kappa shape index (κ1) is 15.1. The Hall–Kier alpha value is -1.96. The summed E-state index contributed by atoms with van der Waals surface area (Å²) in [6.45, 7) is 0. The second kappa shape index (κ2) is 5.35. The summed E-state index contributed by atoms with van der Waals surface area (Å²) in [7, 11) is 0. The Kier molecular flexibility index (Phi) is 4.25. The molecular formula is C10H5ClF3NO4. The van der Waals surface area contributed by atoms with Crippen molar-refractivity contribution in [2.75, 3.05) is 5.88 Å². The number of nitro benzene ring substituents is 1. The topological polar surface area (TPSA) is 77.3 Å². The van der Waals surface area contributed by atoms with Gasteiger partial charge in [-0.3, -0.25) is 19.7 Å². The molecule has 0 bridgehead atoms. The fraction of sp³-hybridized carbons (Fsp3) is 0.200. The molecule has 0 aliphatic heterocycles. The Morgan fingerprint density at radius 2 is 2.00 bits per heavy atom. The molecule has 1 aromatic carbocycles. The molecule has 0 saturated carbocycles. The number of ketones is 1. The fourth-order valence-electron chi connectivity index (χ4n) is 1.39. The summed E-state index contributed by atoms with van der Waals surface area (Å²) >= 11 is 5.18. The number of Topliss-reactive ketones (excluding diaryl/α,β-unsaturated/α-hetero) is 1. The quantitative estimate of drug-likeness (QED) is 0.281. The third kappa shape index (κ3) is 3.08. The van der Waals surface area contributed by atoms with Crippen LogP contribution >= 0.6 is 11.6 Å². The van der Waals surface area contributed by atoms with E-state index < -0.39 is 45.1 Å². The molecule has 0 aromatic heterocycles. The SMILES string of the molecule is O=Cc1cc([N+](=O)[O-])c(C(=O)CCl)cc1C(F)(F)F. The molecule has 0 spiro atoms. The minimum atomic E-state index is -4.91. The average molecular weight is 296 g/mol. The molecule has 5 nitrogen and oxygen atoms in total. The van der Waals surface area contributed by atoms with Crippen LogP contribution in [0.2, 0.25) is 0 Å². The summed E-state index contributed by atoms with van der Waals surface area (Å²) in [5, 5.41) is 10.7. The van der Waals surface area contributed by atoms with Gasteiger partial charge in [-0.05, 0) is 6.07 Å². The maximum Gasteiger partial charge on any atom is 0.417 e. The fourth-order valence-corrected chi connectivity index (χ4v) is 1.54. The van der Waals surface area contributed by atoms with E-state index in [2.05, 4.69) is 0 Å². The van der Waals surface area contributed by atoms with Crippen LogP contribution < -0.4 is 0 Å². The van der Waals surface area contributed by atoms with E-state index in [1.165, 1.54) is 0 Å². The molecule has 1 aromatic rings. The zero-order valence-electron chi connectivity index (χ0n) is 9.03. The maximum atomic E-state index is 12.6. The first-order chi connectivity index (χ1) is 8.72. The molecule has 0 atom stereocenters. The Balaban J connectivity index is 3.66. The Bertz CT molecular complexity index is 556. The Morgan fingerprint density at radius 1 is 1.42 bits per heavy atom. The lowest BCUT2D eigenvalue weighted by atomic mass is 10.00. The van der Waals surface area contributed by atoms with Gasteiger partial charge in [-0.2, -0.15) is 13.2 Å². The molecule has 1 rings (SSSR count). The summed E-state index contributed by atoms with van der Waals surface area (Å²) in [4.78, 5) is 31.5. The first-order valence-corrected chi connectivity index (χ1v) is 5.19. The van der Waals surface area contributed by atoms with Gasteiger partial charge in [-0.25, -0.2) is 0 Å². The van der Waals surface area contributed by atoms with Crippen LogP contribution in [0.3, 0.4) is 0 Å². The van der Waals surface area contributed by atoms with Crippen LogP contribution in [0.4, 0.5) is 18.9 Å². The summed E-state index contributed by atoms with van der Waals surface area (Å²) in [5.74, 6) is -1.74. The third-order valence-corrected chi connectivity index (χ3v) is 2.46. The highest BCUT2D eigenvalue weighted by molar-refractivity contribution is 6.31. The van der Waals surface area contributed by atoms with Gasteiger partial charge in [0.2, 0.25) is 0 Å². The molecule has 0 unspecified atom stereocenters. The summed E-state index contributed by atoms with van der Waals surface area (Å²) in [5.41, 5.74) is -3.99. The lowest BCUT2D eigenvalue weighted by molar-refractivity contribution is -0.385. The normalized spacial score (nSPS) is 11.2. The van der Waals surface area contributed by atoms with Crippen molar-refractivity contribution in [2.45, 2.75) is 6.18 Å². The second-order valence-electron chi connectivity index (χ2n) is 3.39. The van der Waals surface area contributed by atoms with Crippen LogP contribution in [-0.4, -0.2) is 22.9 Å². The molecule has 19 heavy (non-hydrogen) atoms. The minimum absolute atomic E-state index is 0.162. The molecule has 0 radical (unpaired) electrons. The van der Waals surface area contributed by atoms with Crippen molar-refractivity contribution in [1.82, 2.24) is 0 Å². The predicted octanol–water partition coefficient (Wildman–Crippen LogP) is 2.85. The zero-order chi connectivity index (χ0) is 14.8. The van der Waals surface area contributed by atoms with E-state index in [0.717, 1.165) is 0 Å². The van der Waals surface area contributed by atoms with Gasteiger partial charge in [0, 0.05) is 11.6 Å². The number of carbonyl (C=O) groups excluding carboxylic acids is 2. The lowest BCUT2D eigenvalue weighted by Gasteiger charge is -2.11. The minimum Gasteiger partial charge on any atom is -0.298 e. The van der Waals surface area contributed by atoms with Gasteiger partial charge in [0.15, 0.2) is 12.1 Å². The second-order valence-corrected chi connectivity index (χ2v) is 3.65. The number of hydrogen-bond donors (Lipinski definition) is 0. The van der Waals surface area contributed by atoms with E-state index in [9.17, 15) is 32.9 Å². The van der Waals surface area contributed by atoms with E-state index in [4.69, 9.17) is 11.6 Å². The van der Waals surface area contributed by atoms with Gasteiger partial charge in [0.25, 0.3) is 5.69 Å². The van der Waals surface area contributed by atoms with E-state index >= 15 is 0 Å². The van der Waals surface area contributed by atoms with Gasteiger partial charge in [0.05, 0.1) is 21.9 Å². The maximum absolute atomic E-state index is 12.6. The zero-order valence-corrected chi connectivity index (χ0v) is 9.79. The van der Waals surface area contributed by atoms with Gasteiger partial charge < -0.3 is 0 Å². The van der Waals surface area contributed by atoms with Crippen molar-refractivity contribution >= 4 is 29.4 Å². The summed E-state index contributed by atoms with van der Waals surface area (Å²) in [6.07, 6.45) is -5.07. The summed E-state index contributed by atoms with van der Waals surface area (Å²) in [6, 6.07) is 0.683. The largest absolute Gasteiger partial charge is 0.417 e. The van der Waals surface area contributed by atoms with Crippen LogP contribution in [0.15, 0.2) is 12.1 Å². The first-order valence-electron chi connectivity index (χ1n) is 4.66. The Morgan fingerprint density at radius 3 is 2.37 bits per heavy atom. The Labute approximate surface area is 109 Å². The van der Waals surface area contributed by atoms with Crippen LogP contribution in [0.25, 0.3) is 0 Å². The molecule has 0 fully saturated rings. The number of nitrogens with zero attached hydrogens (tertiary/aromatic N) is 1. The molecule has 102 valence electrons. The standard InChI is InChI=1S/C10H5ClF3NO4/c11-3-9(17)6-2-7(10(12,13)14)5(4-16)1-8(6)15(18)19/h1-2,4H,3H2. The molecule has 0 heterocycles. The van der Waals surface area contributed by atoms with Crippen LogP contribution in [0.5, 0.6) is 0 Å². The van der Waals surface area contributed by atoms with E-state index in [1.807, 2.05) is 0 Å². The smallest absolute Gasteiger partial charge is 0.298 e. The average Bonchev–Trinajstić information content (AvgIpc) is 2.34. The molecule has 0 N–H and O–H groups in total. The van der Waals surface area contributed by atoms with Gasteiger partial charge in [-0.1, -0.05) is 0 Å². The van der Waals surface area contributed by atoms with E-state index in [-0.39, 0.29) is 12.4 Å². The molecule has 0 aliphatic rings. The van der Waals surface area contributed by atoms with E-state index in [0.29, 0.717) is 6.07 Å². The van der Waals surface area contributed by atoms with Crippen molar-refractivity contribution in [1.29, 1.82) is 0 Å². The van der Waals surface area contributed by atoms with Crippen LogP contribution in [0.1, 0.15) is 26.3 Å². The van der Waals surface area contributed by atoms with E-state index in [1.54, 1.807) is 0 Å². The molecule has 0 aliphatic carbocycles. The number of nitro groups is 1. The molecule has 0 saturated heterocycles.